The Morgan fingerprint density at radius 2 is 2.13 bits per heavy atom. The Balaban J connectivity index is 1.97. The second-order valence-electron chi connectivity index (χ2n) is 5.34. The summed E-state index contributed by atoms with van der Waals surface area (Å²) >= 11 is 0. The van der Waals surface area contributed by atoms with Crippen LogP contribution in [0.4, 0.5) is 10.5 Å². The van der Waals surface area contributed by atoms with Crippen molar-refractivity contribution in [3.8, 4) is 0 Å². The zero-order valence-corrected chi connectivity index (χ0v) is 14.0. The van der Waals surface area contributed by atoms with Gasteiger partial charge in [0.25, 0.3) is 0 Å². The molecule has 0 unspecified atom stereocenters. The Morgan fingerprint density at radius 3 is 2.83 bits per heavy atom. The molecule has 124 valence electrons. The van der Waals surface area contributed by atoms with E-state index in [0.29, 0.717) is 19.7 Å². The molecule has 23 heavy (non-hydrogen) atoms. The van der Waals surface area contributed by atoms with E-state index in [0.717, 1.165) is 28.3 Å². The summed E-state index contributed by atoms with van der Waals surface area (Å²) in [5, 5.41) is 10.1. The van der Waals surface area contributed by atoms with Crippen molar-refractivity contribution in [1.82, 2.24) is 20.1 Å². The standard InChI is InChI=1S/C16H23N5O2/c1-11-6-5-7-17-14(11)10-18-16(22)19-15-12(2)20-21(13(15)3)8-9-23-4/h5-7H,8-10H2,1-4H3,(H2,18,19,22). The number of methoxy groups -OCH3 is 1. The minimum absolute atomic E-state index is 0.271. The number of pyridine rings is 1. The summed E-state index contributed by atoms with van der Waals surface area (Å²) in [5.74, 6) is 0. The number of anilines is 1. The number of aryl methyl sites for hydroxylation is 2. The first-order chi connectivity index (χ1) is 11.0. The van der Waals surface area contributed by atoms with Gasteiger partial charge in [0, 0.05) is 13.3 Å². The van der Waals surface area contributed by atoms with Crippen molar-refractivity contribution in [2.24, 2.45) is 0 Å². The molecule has 0 fully saturated rings. The predicted octanol–water partition coefficient (Wildman–Crippen LogP) is 2.17. The average molecular weight is 317 g/mol. The molecule has 2 amide bonds. The molecule has 2 aromatic heterocycles. The largest absolute Gasteiger partial charge is 0.383 e. The van der Waals surface area contributed by atoms with Gasteiger partial charge in [-0.3, -0.25) is 9.67 Å². The summed E-state index contributed by atoms with van der Waals surface area (Å²) in [4.78, 5) is 16.4. The lowest BCUT2D eigenvalue weighted by atomic mass is 10.2. The third-order valence-electron chi connectivity index (χ3n) is 3.66. The van der Waals surface area contributed by atoms with E-state index in [-0.39, 0.29) is 6.03 Å². The third-order valence-corrected chi connectivity index (χ3v) is 3.66. The van der Waals surface area contributed by atoms with Crippen LogP contribution in [-0.4, -0.2) is 34.5 Å². The summed E-state index contributed by atoms with van der Waals surface area (Å²) < 4.78 is 6.89. The van der Waals surface area contributed by atoms with Crippen molar-refractivity contribution in [1.29, 1.82) is 0 Å². The van der Waals surface area contributed by atoms with Crippen molar-refractivity contribution in [3.05, 3.63) is 41.0 Å². The molecule has 0 aliphatic heterocycles. The first-order valence-electron chi connectivity index (χ1n) is 7.51. The van der Waals surface area contributed by atoms with Gasteiger partial charge in [-0.25, -0.2) is 4.79 Å². The number of amides is 2. The second kappa shape index (κ2) is 7.73. The minimum atomic E-state index is -0.271. The number of carbonyl (C=O) groups is 1. The Hall–Kier alpha value is -2.41. The Morgan fingerprint density at radius 1 is 1.35 bits per heavy atom. The van der Waals surface area contributed by atoms with Crippen LogP contribution in [0.5, 0.6) is 0 Å². The molecule has 0 radical (unpaired) electrons. The molecule has 2 aromatic rings. The van der Waals surface area contributed by atoms with Crippen LogP contribution in [0.1, 0.15) is 22.6 Å². The molecule has 0 spiro atoms. The van der Waals surface area contributed by atoms with Crippen LogP contribution in [0.2, 0.25) is 0 Å². The number of rotatable bonds is 6. The van der Waals surface area contributed by atoms with Crippen LogP contribution < -0.4 is 10.6 Å². The van der Waals surface area contributed by atoms with Crippen molar-refractivity contribution in [3.63, 3.8) is 0 Å². The SMILES string of the molecule is COCCn1nc(C)c(NC(=O)NCc2ncccc2C)c1C. The van der Waals surface area contributed by atoms with Gasteiger partial charge < -0.3 is 15.4 Å². The number of urea groups is 1. The van der Waals surface area contributed by atoms with Gasteiger partial charge in [-0.1, -0.05) is 6.07 Å². The van der Waals surface area contributed by atoms with Crippen LogP contribution in [0.3, 0.4) is 0 Å². The van der Waals surface area contributed by atoms with Crippen LogP contribution >= 0.6 is 0 Å². The Labute approximate surface area is 136 Å². The number of ether oxygens (including phenoxy) is 1. The van der Waals surface area contributed by atoms with E-state index in [2.05, 4.69) is 20.7 Å². The lowest BCUT2D eigenvalue weighted by molar-refractivity contribution is 0.182. The maximum atomic E-state index is 12.1. The molecule has 0 saturated heterocycles. The van der Waals surface area contributed by atoms with Gasteiger partial charge in [-0.2, -0.15) is 5.10 Å². The zero-order chi connectivity index (χ0) is 16.8. The van der Waals surface area contributed by atoms with E-state index >= 15 is 0 Å². The fraction of sp³-hybridized carbons (Fsp3) is 0.438. The summed E-state index contributed by atoms with van der Waals surface area (Å²) in [7, 11) is 1.65. The fourth-order valence-electron chi connectivity index (χ4n) is 2.30. The molecular weight excluding hydrogens is 294 g/mol. The van der Waals surface area contributed by atoms with Gasteiger partial charge in [-0.05, 0) is 32.4 Å². The highest BCUT2D eigenvalue weighted by Gasteiger charge is 2.14. The lowest BCUT2D eigenvalue weighted by Gasteiger charge is -2.09. The van der Waals surface area contributed by atoms with E-state index < -0.39 is 0 Å². The van der Waals surface area contributed by atoms with E-state index in [4.69, 9.17) is 4.74 Å². The highest BCUT2D eigenvalue weighted by Crippen LogP contribution is 2.19. The molecule has 0 atom stereocenters. The van der Waals surface area contributed by atoms with Crippen LogP contribution in [0.25, 0.3) is 0 Å². The van der Waals surface area contributed by atoms with Crippen molar-refractivity contribution >= 4 is 11.7 Å². The number of carbonyl (C=O) groups excluding carboxylic acids is 1. The molecule has 7 heteroatoms. The summed E-state index contributed by atoms with van der Waals surface area (Å²) in [6.45, 7) is 7.37. The molecule has 0 saturated carbocycles. The van der Waals surface area contributed by atoms with Gasteiger partial charge in [-0.15, -0.1) is 0 Å². The molecule has 0 aliphatic carbocycles. The van der Waals surface area contributed by atoms with Crippen molar-refractivity contribution < 1.29 is 9.53 Å². The van der Waals surface area contributed by atoms with Crippen LogP contribution in [0.15, 0.2) is 18.3 Å². The topological polar surface area (TPSA) is 81.1 Å². The van der Waals surface area contributed by atoms with E-state index in [1.165, 1.54) is 0 Å². The Kier molecular flexibility index (Phi) is 5.70. The van der Waals surface area contributed by atoms with E-state index in [9.17, 15) is 4.79 Å². The molecule has 0 bridgehead atoms. The monoisotopic (exact) mass is 317 g/mol. The maximum absolute atomic E-state index is 12.1. The first kappa shape index (κ1) is 17.0. The average Bonchev–Trinajstić information content (AvgIpc) is 2.79. The third kappa shape index (κ3) is 4.29. The quantitative estimate of drug-likeness (QED) is 0.855. The number of hydrogen-bond donors (Lipinski definition) is 2. The smallest absolute Gasteiger partial charge is 0.319 e. The first-order valence-corrected chi connectivity index (χ1v) is 7.51. The normalized spacial score (nSPS) is 10.6. The van der Waals surface area contributed by atoms with Gasteiger partial charge in [0.15, 0.2) is 0 Å². The molecule has 0 aromatic carbocycles. The second-order valence-corrected chi connectivity index (χ2v) is 5.34. The van der Waals surface area contributed by atoms with Crippen LogP contribution in [0, 0.1) is 20.8 Å². The van der Waals surface area contributed by atoms with Gasteiger partial charge >= 0.3 is 6.03 Å². The van der Waals surface area contributed by atoms with E-state index in [1.54, 1.807) is 13.3 Å². The molecule has 2 rings (SSSR count). The van der Waals surface area contributed by atoms with Gasteiger partial charge in [0.05, 0.1) is 42.5 Å². The maximum Gasteiger partial charge on any atom is 0.319 e. The van der Waals surface area contributed by atoms with Crippen molar-refractivity contribution in [2.75, 3.05) is 19.0 Å². The molecule has 2 heterocycles. The number of aromatic nitrogens is 3. The highest BCUT2D eigenvalue weighted by molar-refractivity contribution is 5.90. The number of hydrogen-bond acceptors (Lipinski definition) is 4. The highest BCUT2D eigenvalue weighted by atomic mass is 16.5. The number of nitrogens with zero attached hydrogens (tertiary/aromatic N) is 3. The van der Waals surface area contributed by atoms with Gasteiger partial charge in [0.2, 0.25) is 0 Å². The van der Waals surface area contributed by atoms with Gasteiger partial charge in [0.1, 0.15) is 0 Å². The molecule has 2 N–H and O–H groups in total. The van der Waals surface area contributed by atoms with Crippen LogP contribution in [-0.2, 0) is 17.8 Å². The lowest BCUT2D eigenvalue weighted by Crippen LogP contribution is -2.29. The van der Waals surface area contributed by atoms with Crippen molar-refractivity contribution in [2.45, 2.75) is 33.9 Å². The summed E-state index contributed by atoms with van der Waals surface area (Å²) in [5.41, 5.74) is 4.32. The molecular formula is C16H23N5O2. The zero-order valence-electron chi connectivity index (χ0n) is 14.0. The fourth-order valence-corrected chi connectivity index (χ4v) is 2.30. The molecule has 0 aliphatic rings. The predicted molar refractivity (Wildman–Crippen MR) is 88.4 cm³/mol. The summed E-state index contributed by atoms with van der Waals surface area (Å²) in [6, 6.07) is 3.57. The number of nitrogens with one attached hydrogen (secondary N) is 2. The minimum Gasteiger partial charge on any atom is -0.383 e. The summed E-state index contributed by atoms with van der Waals surface area (Å²) in [6.07, 6.45) is 1.72. The van der Waals surface area contributed by atoms with E-state index in [1.807, 2.05) is 37.6 Å². The molecule has 7 nitrogen and oxygen atoms in total. The Bertz CT molecular complexity index is 681.